The number of rotatable bonds is 5. The van der Waals surface area contributed by atoms with Gasteiger partial charge in [0.1, 0.15) is 0 Å². The van der Waals surface area contributed by atoms with Crippen molar-refractivity contribution < 1.29 is 4.79 Å². The van der Waals surface area contributed by atoms with Crippen LogP contribution in [-0.2, 0) is 4.79 Å². The summed E-state index contributed by atoms with van der Waals surface area (Å²) < 4.78 is 1.05. The van der Waals surface area contributed by atoms with Crippen molar-refractivity contribution in [1.82, 2.24) is 10.6 Å². The number of carbonyl (C=O) groups is 1. The third-order valence-electron chi connectivity index (χ3n) is 2.35. The van der Waals surface area contributed by atoms with Crippen LogP contribution in [0.1, 0.15) is 24.9 Å². The van der Waals surface area contributed by atoms with E-state index in [1.807, 2.05) is 24.3 Å². The molecule has 1 amide bonds. The van der Waals surface area contributed by atoms with Crippen molar-refractivity contribution in [2.24, 2.45) is 0 Å². The van der Waals surface area contributed by atoms with Gasteiger partial charge in [0.25, 0.3) is 0 Å². The van der Waals surface area contributed by atoms with E-state index in [4.69, 9.17) is 0 Å². The van der Waals surface area contributed by atoms with Crippen molar-refractivity contribution in [2.75, 3.05) is 13.6 Å². The van der Waals surface area contributed by atoms with Crippen molar-refractivity contribution in [3.63, 3.8) is 0 Å². The lowest BCUT2D eigenvalue weighted by atomic mass is 10.0. The Labute approximate surface area is 105 Å². The van der Waals surface area contributed by atoms with E-state index in [0.29, 0.717) is 6.54 Å². The van der Waals surface area contributed by atoms with Crippen LogP contribution >= 0.6 is 15.9 Å². The van der Waals surface area contributed by atoms with Crippen LogP contribution in [0.4, 0.5) is 0 Å². The molecule has 3 nitrogen and oxygen atoms in total. The minimum absolute atomic E-state index is 0.0252. The molecular weight excluding hydrogens is 268 g/mol. The average molecular weight is 285 g/mol. The fourth-order valence-corrected chi connectivity index (χ4v) is 1.79. The van der Waals surface area contributed by atoms with Gasteiger partial charge in [0.2, 0.25) is 5.91 Å². The molecule has 1 unspecified atom stereocenters. The van der Waals surface area contributed by atoms with Crippen molar-refractivity contribution in [1.29, 1.82) is 0 Å². The summed E-state index contributed by atoms with van der Waals surface area (Å²) in [6.07, 6.45) is 0.886. The Hall–Kier alpha value is -0.870. The molecule has 0 radical (unpaired) electrons. The second-order valence-corrected chi connectivity index (χ2v) is 4.53. The number of nitrogens with one attached hydrogen (secondary N) is 2. The molecule has 0 heterocycles. The zero-order chi connectivity index (χ0) is 12.0. The van der Waals surface area contributed by atoms with Crippen LogP contribution in [0.5, 0.6) is 0 Å². The molecule has 0 saturated carbocycles. The summed E-state index contributed by atoms with van der Waals surface area (Å²) in [6, 6.07) is 8.12. The van der Waals surface area contributed by atoms with Crippen LogP contribution < -0.4 is 10.6 Å². The first-order valence-electron chi connectivity index (χ1n) is 5.36. The van der Waals surface area contributed by atoms with E-state index in [2.05, 4.69) is 33.5 Å². The lowest BCUT2D eigenvalue weighted by Gasteiger charge is -2.17. The first-order chi connectivity index (χ1) is 7.67. The van der Waals surface area contributed by atoms with Crippen LogP contribution in [0.25, 0.3) is 0 Å². The van der Waals surface area contributed by atoms with Gasteiger partial charge in [-0.2, -0.15) is 0 Å². The maximum atomic E-state index is 11.5. The van der Waals surface area contributed by atoms with Crippen molar-refractivity contribution in [2.45, 2.75) is 19.4 Å². The van der Waals surface area contributed by atoms with Crippen molar-refractivity contribution in [3.8, 4) is 0 Å². The summed E-state index contributed by atoms with van der Waals surface area (Å²) in [5.41, 5.74) is 1.13. The molecule has 0 bridgehead atoms. The molecule has 0 aliphatic rings. The molecule has 1 aromatic carbocycles. The zero-order valence-electron chi connectivity index (χ0n) is 9.59. The molecule has 2 N–H and O–H groups in total. The third kappa shape index (κ3) is 3.94. The molecule has 16 heavy (non-hydrogen) atoms. The number of amides is 1. The highest BCUT2D eigenvalue weighted by molar-refractivity contribution is 9.10. The Balaban J connectivity index is 2.67. The van der Waals surface area contributed by atoms with E-state index in [-0.39, 0.29) is 11.9 Å². The molecule has 1 atom stereocenters. The highest BCUT2D eigenvalue weighted by Gasteiger charge is 2.11. The number of hydrogen-bond acceptors (Lipinski definition) is 2. The van der Waals surface area contributed by atoms with E-state index < -0.39 is 0 Å². The van der Waals surface area contributed by atoms with Crippen LogP contribution in [0.2, 0.25) is 0 Å². The third-order valence-corrected chi connectivity index (χ3v) is 2.88. The SMILES string of the molecule is CCC(NC(=O)CNC)c1ccc(Br)cc1. The van der Waals surface area contributed by atoms with Gasteiger partial charge < -0.3 is 10.6 Å². The summed E-state index contributed by atoms with van der Waals surface area (Å²) in [5.74, 6) is 0.0252. The molecular formula is C12H17BrN2O. The maximum Gasteiger partial charge on any atom is 0.234 e. The van der Waals surface area contributed by atoms with Gasteiger partial charge in [-0.25, -0.2) is 0 Å². The second-order valence-electron chi connectivity index (χ2n) is 3.61. The van der Waals surface area contributed by atoms with Gasteiger partial charge in [-0.3, -0.25) is 4.79 Å². The predicted molar refractivity (Wildman–Crippen MR) is 69.2 cm³/mol. The molecule has 0 spiro atoms. The van der Waals surface area contributed by atoms with E-state index in [1.54, 1.807) is 7.05 Å². The van der Waals surface area contributed by atoms with E-state index >= 15 is 0 Å². The maximum absolute atomic E-state index is 11.5. The molecule has 1 aromatic rings. The summed E-state index contributed by atoms with van der Waals surface area (Å²) >= 11 is 3.39. The van der Waals surface area contributed by atoms with Crippen LogP contribution in [-0.4, -0.2) is 19.5 Å². The predicted octanol–water partition coefficient (Wildman–Crippen LogP) is 2.24. The largest absolute Gasteiger partial charge is 0.348 e. The number of likely N-dealkylation sites (N-methyl/N-ethyl adjacent to an activating group) is 1. The van der Waals surface area contributed by atoms with E-state index in [9.17, 15) is 4.79 Å². The monoisotopic (exact) mass is 284 g/mol. The Morgan fingerprint density at radius 2 is 2.00 bits per heavy atom. The minimum atomic E-state index is 0.0252. The lowest BCUT2D eigenvalue weighted by molar-refractivity contribution is -0.120. The van der Waals surface area contributed by atoms with E-state index in [1.165, 1.54) is 0 Å². The van der Waals surface area contributed by atoms with E-state index in [0.717, 1.165) is 16.5 Å². The summed E-state index contributed by atoms with van der Waals surface area (Å²) in [6.45, 7) is 2.42. The van der Waals surface area contributed by atoms with Gasteiger partial charge in [-0.05, 0) is 31.2 Å². The quantitative estimate of drug-likeness (QED) is 0.871. The Morgan fingerprint density at radius 3 is 2.50 bits per heavy atom. The Morgan fingerprint density at radius 1 is 1.38 bits per heavy atom. The summed E-state index contributed by atoms with van der Waals surface area (Å²) in [7, 11) is 1.76. The summed E-state index contributed by atoms with van der Waals surface area (Å²) in [4.78, 5) is 11.5. The Bertz CT molecular complexity index is 337. The molecule has 88 valence electrons. The number of benzene rings is 1. The first-order valence-corrected chi connectivity index (χ1v) is 6.16. The van der Waals surface area contributed by atoms with Crippen molar-refractivity contribution in [3.05, 3.63) is 34.3 Å². The first kappa shape index (κ1) is 13.2. The summed E-state index contributed by atoms with van der Waals surface area (Å²) in [5, 5.41) is 5.82. The normalized spacial score (nSPS) is 12.2. The number of hydrogen-bond donors (Lipinski definition) is 2. The molecule has 1 rings (SSSR count). The molecule has 4 heteroatoms. The topological polar surface area (TPSA) is 41.1 Å². The van der Waals surface area contributed by atoms with Crippen LogP contribution in [0, 0.1) is 0 Å². The van der Waals surface area contributed by atoms with Crippen LogP contribution in [0.15, 0.2) is 28.7 Å². The van der Waals surface area contributed by atoms with Gasteiger partial charge in [0, 0.05) is 4.47 Å². The molecule has 0 saturated heterocycles. The average Bonchev–Trinajstić information content (AvgIpc) is 2.27. The van der Waals surface area contributed by atoms with Gasteiger partial charge in [0.05, 0.1) is 12.6 Å². The van der Waals surface area contributed by atoms with Gasteiger partial charge in [-0.1, -0.05) is 35.0 Å². The second kappa shape index (κ2) is 6.66. The fraction of sp³-hybridized carbons (Fsp3) is 0.417. The van der Waals surface area contributed by atoms with Gasteiger partial charge >= 0.3 is 0 Å². The van der Waals surface area contributed by atoms with Gasteiger partial charge in [-0.15, -0.1) is 0 Å². The number of halogens is 1. The smallest absolute Gasteiger partial charge is 0.234 e. The zero-order valence-corrected chi connectivity index (χ0v) is 11.2. The van der Waals surface area contributed by atoms with Gasteiger partial charge in [0.15, 0.2) is 0 Å². The van der Waals surface area contributed by atoms with Crippen LogP contribution in [0.3, 0.4) is 0 Å². The molecule has 0 aliphatic heterocycles. The number of carbonyl (C=O) groups excluding carboxylic acids is 1. The Kier molecular flexibility index (Phi) is 5.49. The molecule has 0 aliphatic carbocycles. The highest BCUT2D eigenvalue weighted by Crippen LogP contribution is 2.19. The van der Waals surface area contributed by atoms with Crippen molar-refractivity contribution >= 4 is 21.8 Å². The standard InChI is InChI=1S/C12H17BrN2O/c1-3-11(15-12(16)8-14-2)9-4-6-10(13)7-5-9/h4-7,11,14H,3,8H2,1-2H3,(H,15,16). The fourth-order valence-electron chi connectivity index (χ4n) is 1.52. The molecule has 0 aromatic heterocycles. The lowest BCUT2D eigenvalue weighted by Crippen LogP contribution is -2.34. The molecule has 0 fully saturated rings. The minimum Gasteiger partial charge on any atom is -0.348 e. The highest BCUT2D eigenvalue weighted by atomic mass is 79.9.